The molecule has 1 aromatic carbocycles. The number of rotatable bonds is 17. The Morgan fingerprint density at radius 1 is 0.950 bits per heavy atom. The Morgan fingerprint density at radius 2 is 1.52 bits per heavy atom. The normalized spacial score (nSPS) is 16.1. The minimum Gasteiger partial charge on any atom is -0.388 e. The van der Waals surface area contributed by atoms with Crippen LogP contribution in [0.1, 0.15) is 78.7 Å². The van der Waals surface area contributed by atoms with Crippen molar-refractivity contribution in [3.05, 3.63) is 34.9 Å². The number of carbonyl (C=O) groups is 3. The maximum Gasteiger partial charge on any atom is 0.274 e. The minimum absolute atomic E-state index is 0.157. The Morgan fingerprint density at radius 3 is 2.12 bits per heavy atom. The lowest BCUT2D eigenvalue weighted by Gasteiger charge is -2.23. The maximum absolute atomic E-state index is 12.9. The summed E-state index contributed by atoms with van der Waals surface area (Å²) in [5.74, 6) is -0.619. The van der Waals surface area contributed by atoms with Crippen molar-refractivity contribution < 1.29 is 39.4 Å². The zero-order valence-corrected chi connectivity index (χ0v) is 23.9. The number of aliphatic hydroxyl groups excluding tert-OH is 3. The zero-order chi connectivity index (χ0) is 29.5. The molecule has 1 aromatic rings. The monoisotopic (exact) mass is 566 g/mol. The van der Waals surface area contributed by atoms with Gasteiger partial charge < -0.3 is 25.5 Å². The van der Waals surface area contributed by atoms with Crippen LogP contribution in [0.2, 0.25) is 0 Å². The van der Waals surface area contributed by atoms with Gasteiger partial charge >= 0.3 is 0 Å². The summed E-state index contributed by atoms with van der Waals surface area (Å²) >= 11 is 0. The van der Waals surface area contributed by atoms with E-state index in [4.69, 9.17) is 9.68 Å². The molecule has 1 fully saturated rings. The van der Waals surface area contributed by atoms with Gasteiger partial charge in [-0.15, -0.1) is 0 Å². The third kappa shape index (κ3) is 11.5. The van der Waals surface area contributed by atoms with Gasteiger partial charge in [-0.25, -0.2) is 11.0 Å². The molecule has 1 unspecified atom stereocenters. The number of hydroxylamine groups is 2. The largest absolute Gasteiger partial charge is 0.388 e. The number of amides is 3. The lowest BCUT2D eigenvalue weighted by molar-refractivity contribution is -0.145. The van der Waals surface area contributed by atoms with Crippen LogP contribution < -0.4 is 16.3 Å². The fourth-order valence-electron chi connectivity index (χ4n) is 4.54. The van der Waals surface area contributed by atoms with Gasteiger partial charge in [0.05, 0.1) is 0 Å². The van der Waals surface area contributed by atoms with E-state index in [2.05, 4.69) is 16.3 Å². The molecule has 6 N–H and O–H groups in total. The second-order valence-electron chi connectivity index (χ2n) is 10.3. The van der Waals surface area contributed by atoms with Crippen LogP contribution in [0.25, 0.3) is 0 Å². The Balaban J connectivity index is 1.75. The number of aryl methyl sites for hydroxylation is 1. The maximum atomic E-state index is 12.9. The fraction of sp³-hybridized carbons (Fsp3) is 0.679. The van der Waals surface area contributed by atoms with Crippen molar-refractivity contribution in [3.8, 4) is 0 Å². The lowest BCUT2D eigenvalue weighted by Crippen LogP contribution is -2.44. The summed E-state index contributed by atoms with van der Waals surface area (Å²) < 4.78 is 0. The number of piperidine rings is 1. The third-order valence-electron chi connectivity index (χ3n) is 6.75. The van der Waals surface area contributed by atoms with Crippen molar-refractivity contribution in [3.63, 3.8) is 0 Å². The van der Waals surface area contributed by atoms with Gasteiger partial charge in [0.1, 0.15) is 31.5 Å². The Hall–Kier alpha value is -2.61. The highest BCUT2D eigenvalue weighted by Gasteiger charge is 2.26. The zero-order valence-electron chi connectivity index (χ0n) is 23.9. The summed E-state index contributed by atoms with van der Waals surface area (Å²) in [6.07, 6.45) is 0.0204. The van der Waals surface area contributed by atoms with Gasteiger partial charge in [0.25, 0.3) is 11.8 Å². The van der Waals surface area contributed by atoms with Crippen LogP contribution in [0.4, 0.5) is 0 Å². The molecule has 0 aliphatic carbocycles. The summed E-state index contributed by atoms with van der Waals surface area (Å²) in [7, 11) is 0. The molecule has 3 amide bonds. The molecule has 2 rings (SSSR count). The molecule has 1 aliphatic heterocycles. The minimum atomic E-state index is -1.66. The molecule has 3 atom stereocenters. The predicted molar refractivity (Wildman–Crippen MR) is 148 cm³/mol. The molecular formula is C28H46N4O8. The first kappa shape index (κ1) is 33.6. The van der Waals surface area contributed by atoms with Gasteiger partial charge in [-0.2, -0.15) is 0 Å². The van der Waals surface area contributed by atoms with E-state index in [0.29, 0.717) is 31.0 Å². The highest BCUT2D eigenvalue weighted by atomic mass is 16.7. The molecule has 1 heterocycles. The first-order chi connectivity index (χ1) is 19.2. The molecule has 12 heteroatoms. The topological polar surface area (TPSA) is 170 Å². The van der Waals surface area contributed by atoms with Gasteiger partial charge in [-0.3, -0.25) is 24.1 Å². The molecule has 40 heavy (non-hydrogen) atoms. The lowest BCUT2D eigenvalue weighted by atomic mass is 9.93. The second-order valence-corrected chi connectivity index (χ2v) is 10.3. The smallest absolute Gasteiger partial charge is 0.274 e. The van der Waals surface area contributed by atoms with E-state index in [-0.39, 0.29) is 17.4 Å². The van der Waals surface area contributed by atoms with Crippen LogP contribution in [-0.4, -0.2) is 95.6 Å². The number of hydrogen-bond acceptors (Lipinski definition) is 9. The van der Waals surface area contributed by atoms with Gasteiger partial charge in [-0.05, 0) is 81.8 Å². The first-order valence-electron chi connectivity index (χ1n) is 14.1. The van der Waals surface area contributed by atoms with E-state index in [1.54, 1.807) is 24.0 Å². The first-order valence-corrected chi connectivity index (χ1v) is 14.1. The number of nitrogens with zero attached hydrogens (tertiary/aromatic N) is 1. The number of aliphatic hydroxyl groups is 3. The average Bonchev–Trinajstić information content (AvgIpc) is 2.95. The SMILES string of the molecule is CCCN(CCC)C(=O)c1cc(C)cc(C(=O)NOC[C@H](O)[C@H](O)C(O)CONC(=O)CCC2CCNCC2)c1. The van der Waals surface area contributed by atoms with Gasteiger partial charge in [0.2, 0.25) is 5.91 Å². The molecular weight excluding hydrogens is 520 g/mol. The summed E-state index contributed by atoms with van der Waals surface area (Å²) in [4.78, 5) is 49.3. The Labute approximate surface area is 236 Å². The summed E-state index contributed by atoms with van der Waals surface area (Å²) in [6, 6.07) is 4.81. The van der Waals surface area contributed by atoms with Crippen LogP contribution in [0.15, 0.2) is 18.2 Å². The van der Waals surface area contributed by atoms with Crippen LogP contribution in [0, 0.1) is 12.8 Å². The van der Waals surface area contributed by atoms with Crippen LogP contribution in [0.5, 0.6) is 0 Å². The molecule has 0 radical (unpaired) electrons. The molecule has 12 nitrogen and oxygen atoms in total. The van der Waals surface area contributed by atoms with Gasteiger partial charge in [0.15, 0.2) is 0 Å². The van der Waals surface area contributed by atoms with Gasteiger partial charge in [-0.1, -0.05) is 13.8 Å². The fourth-order valence-corrected chi connectivity index (χ4v) is 4.54. The number of nitrogens with one attached hydrogen (secondary N) is 3. The Bertz CT molecular complexity index is 935. The number of benzene rings is 1. The van der Waals surface area contributed by atoms with Crippen molar-refractivity contribution in [2.24, 2.45) is 5.92 Å². The van der Waals surface area contributed by atoms with Crippen molar-refractivity contribution in [2.45, 2.75) is 77.6 Å². The summed E-state index contributed by atoms with van der Waals surface area (Å²) in [6.45, 7) is 7.94. The molecule has 1 saturated heterocycles. The van der Waals surface area contributed by atoms with Crippen LogP contribution in [-0.2, 0) is 14.5 Å². The van der Waals surface area contributed by atoms with Crippen molar-refractivity contribution in [2.75, 3.05) is 39.4 Å². The van der Waals surface area contributed by atoms with Crippen molar-refractivity contribution >= 4 is 17.7 Å². The molecule has 226 valence electrons. The van der Waals surface area contributed by atoms with E-state index in [0.717, 1.165) is 50.8 Å². The van der Waals surface area contributed by atoms with Crippen molar-refractivity contribution in [1.82, 2.24) is 21.2 Å². The molecule has 1 aliphatic rings. The number of hydrogen-bond donors (Lipinski definition) is 6. The Kier molecular flexibility index (Phi) is 15.1. The van der Waals surface area contributed by atoms with Crippen LogP contribution in [0.3, 0.4) is 0 Å². The van der Waals surface area contributed by atoms with E-state index in [1.807, 2.05) is 13.8 Å². The summed E-state index contributed by atoms with van der Waals surface area (Å²) in [5.41, 5.74) is 5.75. The second kappa shape index (κ2) is 17.9. The van der Waals surface area contributed by atoms with E-state index < -0.39 is 37.4 Å². The highest BCUT2D eigenvalue weighted by Crippen LogP contribution is 2.17. The molecule has 0 bridgehead atoms. The van der Waals surface area contributed by atoms with Gasteiger partial charge in [0, 0.05) is 30.6 Å². The van der Waals surface area contributed by atoms with Crippen molar-refractivity contribution in [1.29, 1.82) is 0 Å². The molecule has 0 spiro atoms. The quantitative estimate of drug-likeness (QED) is 0.150. The standard InChI is InChI=1S/C28H46N4O8/c1-4-12-32(13-5-2)28(38)22-15-19(3)14-21(16-22)27(37)31-40-18-24(34)26(36)23(33)17-39-30-25(35)7-6-20-8-10-29-11-9-20/h14-16,20,23-24,26,29,33-34,36H,4-13,17-18H2,1-3H3,(H,30,35)(H,31,37)/t23?,24-,26+/m0/s1. The van der Waals surface area contributed by atoms with Crippen LogP contribution >= 0.6 is 0 Å². The van der Waals surface area contributed by atoms with E-state index in [1.165, 1.54) is 6.07 Å². The predicted octanol–water partition coefficient (Wildman–Crippen LogP) is 0.829. The average molecular weight is 567 g/mol. The van der Waals surface area contributed by atoms with E-state index in [9.17, 15) is 29.7 Å². The molecule has 0 saturated carbocycles. The summed E-state index contributed by atoms with van der Waals surface area (Å²) in [5, 5.41) is 33.7. The van der Waals surface area contributed by atoms with E-state index >= 15 is 0 Å². The molecule has 0 aromatic heterocycles. The number of carbonyl (C=O) groups excluding carboxylic acids is 3. The third-order valence-corrected chi connectivity index (χ3v) is 6.75. The highest BCUT2D eigenvalue weighted by molar-refractivity contribution is 5.99.